The Kier molecular flexibility index (Phi) is 5.20. The summed E-state index contributed by atoms with van der Waals surface area (Å²) in [4.78, 5) is 10.6. The SMILES string of the molecule is NC(=O)OCc1cc(-c2ccc(OCc3ccc(Cl)cc3)cc2)no1. The van der Waals surface area contributed by atoms with Crippen molar-refractivity contribution in [3.63, 3.8) is 0 Å². The number of benzene rings is 2. The quantitative estimate of drug-likeness (QED) is 0.714. The van der Waals surface area contributed by atoms with Crippen molar-refractivity contribution >= 4 is 17.7 Å². The van der Waals surface area contributed by atoms with Gasteiger partial charge in [0.15, 0.2) is 12.4 Å². The summed E-state index contributed by atoms with van der Waals surface area (Å²) in [6.45, 7) is 0.402. The van der Waals surface area contributed by atoms with E-state index >= 15 is 0 Å². The molecular weight excluding hydrogens is 344 g/mol. The van der Waals surface area contributed by atoms with E-state index in [0.29, 0.717) is 23.1 Å². The van der Waals surface area contributed by atoms with Gasteiger partial charge in [0.2, 0.25) is 0 Å². The molecular formula is C18H15ClN2O4. The Labute approximate surface area is 149 Å². The van der Waals surface area contributed by atoms with Crippen LogP contribution in [0.5, 0.6) is 5.75 Å². The highest BCUT2D eigenvalue weighted by atomic mass is 35.5. The van der Waals surface area contributed by atoms with Crippen molar-refractivity contribution < 1.29 is 18.8 Å². The Morgan fingerprint density at radius 2 is 1.80 bits per heavy atom. The molecule has 0 saturated carbocycles. The number of nitrogens with two attached hydrogens (primary N) is 1. The lowest BCUT2D eigenvalue weighted by Crippen LogP contribution is -2.12. The number of nitrogens with zero attached hydrogens (tertiary/aromatic N) is 1. The van der Waals surface area contributed by atoms with Crippen LogP contribution in [0.25, 0.3) is 11.3 Å². The molecule has 0 atom stereocenters. The maximum Gasteiger partial charge on any atom is 0.404 e. The van der Waals surface area contributed by atoms with Gasteiger partial charge >= 0.3 is 6.09 Å². The number of halogens is 1. The summed E-state index contributed by atoms with van der Waals surface area (Å²) >= 11 is 5.86. The first kappa shape index (κ1) is 16.9. The van der Waals surface area contributed by atoms with Crippen LogP contribution in [0.2, 0.25) is 5.02 Å². The zero-order valence-electron chi connectivity index (χ0n) is 13.1. The zero-order valence-corrected chi connectivity index (χ0v) is 13.9. The molecule has 0 aliphatic carbocycles. The van der Waals surface area contributed by atoms with E-state index in [-0.39, 0.29) is 6.61 Å². The molecule has 3 rings (SSSR count). The van der Waals surface area contributed by atoms with Crippen molar-refractivity contribution in [2.75, 3.05) is 0 Å². The fourth-order valence-corrected chi connectivity index (χ4v) is 2.25. The minimum atomic E-state index is -0.861. The van der Waals surface area contributed by atoms with E-state index in [2.05, 4.69) is 9.89 Å². The lowest BCUT2D eigenvalue weighted by Gasteiger charge is -2.06. The van der Waals surface area contributed by atoms with Gasteiger partial charge in [-0.15, -0.1) is 0 Å². The third kappa shape index (κ3) is 4.74. The number of carbonyl (C=O) groups is 1. The Balaban J connectivity index is 1.60. The molecule has 128 valence electrons. The summed E-state index contributed by atoms with van der Waals surface area (Å²) in [5.41, 5.74) is 7.43. The van der Waals surface area contributed by atoms with Crippen LogP contribution in [0.15, 0.2) is 59.1 Å². The first-order chi connectivity index (χ1) is 12.1. The Morgan fingerprint density at radius 1 is 1.08 bits per heavy atom. The average Bonchev–Trinajstić information content (AvgIpc) is 3.09. The summed E-state index contributed by atoms with van der Waals surface area (Å²) in [6, 6.07) is 16.6. The molecule has 3 aromatic rings. The second-order valence-electron chi connectivity index (χ2n) is 5.23. The average molecular weight is 359 g/mol. The predicted octanol–water partition coefficient (Wildman–Crippen LogP) is 4.17. The minimum absolute atomic E-state index is 0.0510. The molecule has 0 fully saturated rings. The number of hydrogen-bond acceptors (Lipinski definition) is 5. The van der Waals surface area contributed by atoms with Crippen molar-refractivity contribution in [3.05, 3.63) is 70.9 Å². The van der Waals surface area contributed by atoms with E-state index in [1.807, 2.05) is 48.5 Å². The van der Waals surface area contributed by atoms with Crippen LogP contribution in [0.3, 0.4) is 0 Å². The van der Waals surface area contributed by atoms with Crippen LogP contribution < -0.4 is 10.5 Å². The summed E-state index contributed by atoms with van der Waals surface area (Å²) in [5, 5.41) is 4.63. The largest absolute Gasteiger partial charge is 0.489 e. The maximum absolute atomic E-state index is 10.6. The van der Waals surface area contributed by atoms with E-state index in [1.165, 1.54) is 0 Å². The Morgan fingerprint density at radius 3 is 2.48 bits per heavy atom. The normalized spacial score (nSPS) is 10.4. The lowest BCUT2D eigenvalue weighted by atomic mass is 10.1. The van der Waals surface area contributed by atoms with Gasteiger partial charge in [-0.3, -0.25) is 0 Å². The smallest absolute Gasteiger partial charge is 0.404 e. The predicted molar refractivity (Wildman–Crippen MR) is 92.1 cm³/mol. The van der Waals surface area contributed by atoms with Crippen LogP contribution in [-0.4, -0.2) is 11.2 Å². The lowest BCUT2D eigenvalue weighted by molar-refractivity contribution is 0.137. The number of amides is 1. The summed E-state index contributed by atoms with van der Waals surface area (Å²) in [7, 11) is 0. The fraction of sp³-hybridized carbons (Fsp3) is 0.111. The molecule has 7 heteroatoms. The number of primary amides is 1. The molecule has 6 nitrogen and oxygen atoms in total. The van der Waals surface area contributed by atoms with Gasteiger partial charge < -0.3 is 19.7 Å². The van der Waals surface area contributed by atoms with Crippen molar-refractivity contribution in [3.8, 4) is 17.0 Å². The van der Waals surface area contributed by atoms with Gasteiger partial charge in [0.25, 0.3) is 0 Å². The van der Waals surface area contributed by atoms with Gasteiger partial charge in [-0.1, -0.05) is 28.9 Å². The molecule has 1 heterocycles. The molecule has 1 amide bonds. The molecule has 25 heavy (non-hydrogen) atoms. The van der Waals surface area contributed by atoms with E-state index in [9.17, 15) is 4.79 Å². The minimum Gasteiger partial charge on any atom is -0.489 e. The van der Waals surface area contributed by atoms with Crippen LogP contribution in [0.4, 0.5) is 4.79 Å². The van der Waals surface area contributed by atoms with Gasteiger partial charge in [-0.2, -0.15) is 0 Å². The molecule has 0 spiro atoms. The van der Waals surface area contributed by atoms with Gasteiger partial charge in [0.1, 0.15) is 18.1 Å². The molecule has 0 saturated heterocycles. The van der Waals surface area contributed by atoms with Crippen LogP contribution in [-0.2, 0) is 18.0 Å². The summed E-state index contributed by atoms with van der Waals surface area (Å²) in [5.74, 6) is 1.15. The molecule has 2 aromatic carbocycles. The maximum atomic E-state index is 10.6. The first-order valence-electron chi connectivity index (χ1n) is 7.45. The van der Waals surface area contributed by atoms with E-state index in [1.54, 1.807) is 6.07 Å². The van der Waals surface area contributed by atoms with Crippen molar-refractivity contribution in [1.29, 1.82) is 0 Å². The monoisotopic (exact) mass is 358 g/mol. The third-order valence-electron chi connectivity index (χ3n) is 3.38. The van der Waals surface area contributed by atoms with Gasteiger partial charge in [-0.25, -0.2) is 4.79 Å². The first-order valence-corrected chi connectivity index (χ1v) is 7.83. The zero-order chi connectivity index (χ0) is 17.6. The van der Waals surface area contributed by atoms with Crippen molar-refractivity contribution in [2.24, 2.45) is 5.73 Å². The second kappa shape index (κ2) is 7.72. The topological polar surface area (TPSA) is 87.6 Å². The highest BCUT2D eigenvalue weighted by molar-refractivity contribution is 6.30. The Bertz CT molecular complexity index is 844. The van der Waals surface area contributed by atoms with E-state index in [4.69, 9.17) is 26.6 Å². The molecule has 0 aliphatic heterocycles. The molecule has 1 aromatic heterocycles. The third-order valence-corrected chi connectivity index (χ3v) is 3.64. The fourth-order valence-electron chi connectivity index (χ4n) is 2.13. The van der Waals surface area contributed by atoms with Gasteiger partial charge in [0, 0.05) is 16.7 Å². The number of rotatable bonds is 6. The molecule has 0 radical (unpaired) electrons. The highest BCUT2D eigenvalue weighted by Gasteiger charge is 2.08. The molecule has 0 unspecified atom stereocenters. The van der Waals surface area contributed by atoms with Crippen molar-refractivity contribution in [1.82, 2.24) is 5.16 Å². The van der Waals surface area contributed by atoms with Gasteiger partial charge in [0.05, 0.1) is 0 Å². The van der Waals surface area contributed by atoms with Crippen molar-refractivity contribution in [2.45, 2.75) is 13.2 Å². The van der Waals surface area contributed by atoms with Gasteiger partial charge in [-0.05, 0) is 42.0 Å². The standard InChI is InChI=1S/C18H15ClN2O4/c19-14-5-1-12(2-6-14)10-23-15-7-3-13(4-8-15)17-9-16(25-21-17)11-24-18(20)22/h1-9H,10-11H2,(H2,20,22). The number of carbonyl (C=O) groups excluding carboxylic acids is 1. The molecule has 2 N–H and O–H groups in total. The van der Waals surface area contributed by atoms with Crippen LogP contribution in [0, 0.1) is 0 Å². The number of hydrogen-bond donors (Lipinski definition) is 1. The van der Waals surface area contributed by atoms with E-state index < -0.39 is 6.09 Å². The van der Waals surface area contributed by atoms with Crippen LogP contribution in [0.1, 0.15) is 11.3 Å². The molecule has 0 aliphatic rings. The van der Waals surface area contributed by atoms with E-state index in [0.717, 1.165) is 16.9 Å². The Hall–Kier alpha value is -2.99. The number of aromatic nitrogens is 1. The van der Waals surface area contributed by atoms with Crippen LogP contribution >= 0.6 is 11.6 Å². The number of ether oxygens (including phenoxy) is 2. The molecule has 0 bridgehead atoms. The second-order valence-corrected chi connectivity index (χ2v) is 5.66. The highest BCUT2D eigenvalue weighted by Crippen LogP contribution is 2.23. The summed E-state index contributed by atoms with van der Waals surface area (Å²) in [6.07, 6.45) is -0.861. The summed E-state index contributed by atoms with van der Waals surface area (Å²) < 4.78 is 15.5.